The van der Waals surface area contributed by atoms with Gasteiger partial charge < -0.3 is 14.6 Å². The fraction of sp³-hybridized carbons (Fsp3) is 0.360. The highest BCUT2D eigenvalue weighted by atomic mass is 16.6. The van der Waals surface area contributed by atoms with Gasteiger partial charge in [-0.15, -0.1) is 0 Å². The number of amides is 1. The highest BCUT2D eigenvalue weighted by molar-refractivity contribution is 5.86. The summed E-state index contributed by atoms with van der Waals surface area (Å²) in [6.07, 6.45) is 3.24. The highest BCUT2D eigenvalue weighted by Gasteiger charge is 2.30. The normalized spacial score (nSPS) is 15.4. The number of hydrogen-bond acceptors (Lipinski definition) is 5. The zero-order valence-electron chi connectivity index (χ0n) is 18.5. The summed E-state index contributed by atoms with van der Waals surface area (Å²) in [5.41, 5.74) is 2.61. The summed E-state index contributed by atoms with van der Waals surface area (Å²) < 4.78 is 5.12. The second kappa shape index (κ2) is 9.85. The van der Waals surface area contributed by atoms with E-state index in [0.29, 0.717) is 32.5 Å². The number of rotatable bonds is 7. The maximum Gasteiger partial charge on any atom is 0.309 e. The van der Waals surface area contributed by atoms with Crippen molar-refractivity contribution in [2.75, 3.05) is 19.7 Å². The lowest BCUT2D eigenvalue weighted by atomic mass is 9.87. The number of nitro groups is 1. The Kier molecular flexibility index (Phi) is 6.72. The molecule has 8 nitrogen and oxygen atoms in total. The first kappa shape index (κ1) is 22.5. The molecule has 1 aromatic heterocycles. The zero-order valence-corrected chi connectivity index (χ0v) is 18.5. The van der Waals surface area contributed by atoms with E-state index in [2.05, 4.69) is 4.98 Å². The molecule has 1 amide bonds. The monoisotopic (exact) mass is 449 g/mol. The number of carbonyl (C=O) groups is 2. The van der Waals surface area contributed by atoms with Crippen molar-refractivity contribution in [2.45, 2.75) is 32.1 Å². The Balaban J connectivity index is 1.58. The predicted molar refractivity (Wildman–Crippen MR) is 124 cm³/mol. The molecule has 8 heteroatoms. The van der Waals surface area contributed by atoms with Crippen LogP contribution in [0.5, 0.6) is 0 Å². The summed E-state index contributed by atoms with van der Waals surface area (Å²) in [7, 11) is 0. The van der Waals surface area contributed by atoms with Crippen molar-refractivity contribution in [1.29, 1.82) is 0 Å². The van der Waals surface area contributed by atoms with Crippen LogP contribution in [0.2, 0.25) is 0 Å². The molecule has 1 unspecified atom stereocenters. The first-order valence-corrected chi connectivity index (χ1v) is 11.2. The summed E-state index contributed by atoms with van der Waals surface area (Å²) in [5.74, 6) is -0.733. The van der Waals surface area contributed by atoms with Crippen LogP contribution in [0.1, 0.15) is 43.2 Å². The maximum absolute atomic E-state index is 13.3. The average Bonchev–Trinajstić information content (AvgIpc) is 3.26. The number of ether oxygens (including phenoxy) is 1. The van der Waals surface area contributed by atoms with Crippen LogP contribution in [-0.4, -0.2) is 46.4 Å². The summed E-state index contributed by atoms with van der Waals surface area (Å²) in [5, 5.41) is 12.4. The van der Waals surface area contributed by atoms with Gasteiger partial charge in [-0.05, 0) is 37.0 Å². The van der Waals surface area contributed by atoms with Crippen LogP contribution >= 0.6 is 0 Å². The number of benzene rings is 2. The third-order valence-electron chi connectivity index (χ3n) is 6.33. The first-order valence-electron chi connectivity index (χ1n) is 11.2. The Labute approximate surface area is 191 Å². The minimum atomic E-state index is -0.419. The van der Waals surface area contributed by atoms with Crippen molar-refractivity contribution >= 4 is 28.5 Å². The Morgan fingerprint density at radius 1 is 1.18 bits per heavy atom. The molecule has 0 spiro atoms. The molecular formula is C25H27N3O5. The quantitative estimate of drug-likeness (QED) is 0.327. The van der Waals surface area contributed by atoms with Gasteiger partial charge in [0.2, 0.25) is 5.91 Å². The van der Waals surface area contributed by atoms with Crippen LogP contribution in [0.15, 0.2) is 54.7 Å². The maximum atomic E-state index is 13.3. The van der Waals surface area contributed by atoms with Crippen LogP contribution in [0, 0.1) is 16.0 Å². The van der Waals surface area contributed by atoms with Crippen molar-refractivity contribution in [2.24, 2.45) is 5.92 Å². The Bertz CT molecular complexity index is 1160. The van der Waals surface area contributed by atoms with Gasteiger partial charge in [0.05, 0.1) is 17.4 Å². The number of nitrogens with zero attached hydrogens (tertiary/aromatic N) is 2. The number of carbonyl (C=O) groups excluding carboxylic acids is 2. The number of para-hydroxylation sites is 1. The molecular weight excluding hydrogens is 422 g/mol. The van der Waals surface area contributed by atoms with Crippen LogP contribution in [-0.2, 0) is 14.3 Å². The molecule has 1 atom stereocenters. The summed E-state index contributed by atoms with van der Waals surface area (Å²) >= 11 is 0. The molecule has 1 saturated heterocycles. The topological polar surface area (TPSA) is 106 Å². The van der Waals surface area contributed by atoms with E-state index in [1.807, 2.05) is 36.5 Å². The molecule has 1 aliphatic rings. The van der Waals surface area contributed by atoms with Crippen molar-refractivity contribution in [1.82, 2.24) is 9.88 Å². The van der Waals surface area contributed by atoms with E-state index < -0.39 is 4.92 Å². The van der Waals surface area contributed by atoms with Gasteiger partial charge in [0, 0.05) is 54.7 Å². The van der Waals surface area contributed by atoms with Crippen LogP contribution < -0.4 is 0 Å². The van der Waals surface area contributed by atoms with E-state index in [4.69, 9.17) is 4.74 Å². The minimum Gasteiger partial charge on any atom is -0.466 e. The van der Waals surface area contributed by atoms with Crippen molar-refractivity contribution in [3.05, 3.63) is 76.0 Å². The highest BCUT2D eigenvalue weighted by Crippen LogP contribution is 2.35. The summed E-state index contributed by atoms with van der Waals surface area (Å²) in [6.45, 7) is 3.14. The van der Waals surface area contributed by atoms with Crippen molar-refractivity contribution in [3.8, 4) is 0 Å². The standard InChI is InChI=1S/C25H27N3O5/c1-2-33-25(30)17-10-12-27(13-11-17)24(29)15-21(18-6-5-7-19(14-18)28(31)32)22-16-26-23-9-4-3-8-20(22)23/h3-9,14,16-17,21,26H,2,10-13,15H2,1H3. The first-order chi connectivity index (χ1) is 16.0. The number of hydrogen-bond donors (Lipinski definition) is 1. The van der Waals surface area contributed by atoms with Gasteiger partial charge in [-0.1, -0.05) is 30.3 Å². The minimum absolute atomic E-state index is 0.0000381. The molecule has 2 heterocycles. The van der Waals surface area contributed by atoms with E-state index in [9.17, 15) is 19.7 Å². The molecule has 4 rings (SSSR count). The number of non-ortho nitro benzene ring substituents is 1. The van der Waals surface area contributed by atoms with E-state index in [1.54, 1.807) is 24.0 Å². The second-order valence-corrected chi connectivity index (χ2v) is 8.31. The fourth-order valence-electron chi connectivity index (χ4n) is 4.57. The lowest BCUT2D eigenvalue weighted by molar-refractivity contribution is -0.384. The molecule has 0 aliphatic carbocycles. The zero-order chi connectivity index (χ0) is 23.4. The molecule has 172 valence electrons. The second-order valence-electron chi connectivity index (χ2n) is 8.31. The van der Waals surface area contributed by atoms with Crippen LogP contribution in [0.25, 0.3) is 10.9 Å². The van der Waals surface area contributed by atoms with Crippen LogP contribution in [0.4, 0.5) is 5.69 Å². The van der Waals surface area contributed by atoms with Gasteiger partial charge in [0.25, 0.3) is 5.69 Å². The van der Waals surface area contributed by atoms with Gasteiger partial charge in [0.15, 0.2) is 0 Å². The predicted octanol–water partition coefficient (Wildman–Crippen LogP) is 4.40. The molecule has 0 saturated carbocycles. The number of aromatic amines is 1. The van der Waals surface area contributed by atoms with Crippen LogP contribution in [0.3, 0.4) is 0 Å². The van der Waals surface area contributed by atoms with E-state index in [0.717, 1.165) is 22.0 Å². The molecule has 0 bridgehead atoms. The molecule has 1 fully saturated rings. The molecule has 1 aliphatic heterocycles. The Morgan fingerprint density at radius 2 is 1.94 bits per heavy atom. The number of fused-ring (bicyclic) bond motifs is 1. The SMILES string of the molecule is CCOC(=O)C1CCN(C(=O)CC(c2cccc([N+](=O)[O-])c2)c2c[nH]c3ccccc23)CC1. The van der Waals surface area contributed by atoms with Crippen molar-refractivity contribution in [3.63, 3.8) is 0 Å². The van der Waals surface area contributed by atoms with Gasteiger partial charge in [-0.25, -0.2) is 0 Å². The lowest BCUT2D eigenvalue weighted by Crippen LogP contribution is -2.41. The number of esters is 1. The summed E-state index contributed by atoms with van der Waals surface area (Å²) in [6, 6.07) is 14.3. The van der Waals surface area contributed by atoms with Gasteiger partial charge in [0.1, 0.15) is 0 Å². The Morgan fingerprint density at radius 3 is 2.67 bits per heavy atom. The number of piperidine rings is 1. The van der Waals surface area contributed by atoms with Gasteiger partial charge in [-0.3, -0.25) is 19.7 Å². The molecule has 33 heavy (non-hydrogen) atoms. The fourth-order valence-corrected chi connectivity index (χ4v) is 4.57. The third kappa shape index (κ3) is 4.89. The molecule has 3 aromatic rings. The largest absolute Gasteiger partial charge is 0.466 e. The number of nitro benzene ring substituents is 1. The third-order valence-corrected chi connectivity index (χ3v) is 6.33. The van der Waals surface area contributed by atoms with E-state index >= 15 is 0 Å². The average molecular weight is 450 g/mol. The smallest absolute Gasteiger partial charge is 0.309 e. The van der Waals surface area contributed by atoms with Gasteiger partial charge in [-0.2, -0.15) is 0 Å². The Hall–Kier alpha value is -3.68. The van der Waals surface area contributed by atoms with E-state index in [-0.39, 0.29) is 35.8 Å². The molecule has 0 radical (unpaired) electrons. The van der Waals surface area contributed by atoms with Crippen molar-refractivity contribution < 1.29 is 19.2 Å². The molecule has 1 N–H and O–H groups in total. The van der Waals surface area contributed by atoms with E-state index in [1.165, 1.54) is 6.07 Å². The number of aromatic nitrogens is 1. The van der Waals surface area contributed by atoms with Gasteiger partial charge >= 0.3 is 5.97 Å². The lowest BCUT2D eigenvalue weighted by Gasteiger charge is -2.32. The number of nitrogens with one attached hydrogen (secondary N) is 1. The molecule has 2 aromatic carbocycles. The summed E-state index contributed by atoms with van der Waals surface area (Å²) in [4.78, 5) is 41.3. The number of likely N-dealkylation sites (tertiary alicyclic amines) is 1. The number of H-pyrrole nitrogens is 1.